The molecule has 0 saturated heterocycles. The van der Waals surface area contributed by atoms with Gasteiger partial charge in [-0.05, 0) is 30.5 Å². The lowest BCUT2D eigenvalue weighted by Crippen LogP contribution is -2.36. The van der Waals surface area contributed by atoms with E-state index in [-0.39, 0.29) is 5.91 Å². The number of thioether (sulfide) groups is 1. The highest BCUT2D eigenvalue weighted by Crippen LogP contribution is 2.24. The van der Waals surface area contributed by atoms with E-state index in [9.17, 15) is 4.79 Å². The number of benzene rings is 1. The zero-order valence-corrected chi connectivity index (χ0v) is 15.1. The van der Waals surface area contributed by atoms with Gasteiger partial charge < -0.3 is 5.32 Å². The third-order valence-electron chi connectivity index (χ3n) is 3.98. The van der Waals surface area contributed by atoms with Crippen molar-refractivity contribution in [3.63, 3.8) is 0 Å². The fourth-order valence-corrected chi connectivity index (χ4v) is 4.16. The zero-order chi connectivity index (χ0) is 15.8. The summed E-state index contributed by atoms with van der Waals surface area (Å²) in [6.07, 6.45) is 8.67. The molecule has 1 aliphatic rings. The van der Waals surface area contributed by atoms with E-state index < -0.39 is 0 Å². The van der Waals surface area contributed by atoms with Gasteiger partial charge in [-0.15, -0.1) is 11.8 Å². The Labute approximate surface area is 147 Å². The first kappa shape index (κ1) is 18.0. The minimum absolute atomic E-state index is 0.139. The van der Waals surface area contributed by atoms with Crippen molar-refractivity contribution in [2.24, 2.45) is 0 Å². The maximum Gasteiger partial charge on any atom is 0.230 e. The molecule has 1 aliphatic carbocycles. The normalized spacial score (nSPS) is 16.8. The van der Waals surface area contributed by atoms with Crippen LogP contribution in [0.4, 0.5) is 0 Å². The molecule has 2 rings (SSSR count). The Balaban J connectivity index is 1.70. The lowest BCUT2D eigenvalue weighted by atomic mass is 9.97. The van der Waals surface area contributed by atoms with Crippen molar-refractivity contribution >= 4 is 40.9 Å². The van der Waals surface area contributed by atoms with Crippen molar-refractivity contribution in [2.75, 3.05) is 5.75 Å². The molecule has 0 aliphatic heterocycles. The standard InChI is InChI=1S/C17H23Cl2NOS/c18-14-9-8-13(16(19)10-14)11-22-12-17(21)20-15-6-4-2-1-3-5-7-15/h8-10,15H,1-7,11-12H2,(H,20,21). The molecule has 2 nitrogen and oxygen atoms in total. The third-order valence-corrected chi connectivity index (χ3v) is 5.54. The van der Waals surface area contributed by atoms with Crippen LogP contribution < -0.4 is 5.32 Å². The number of carbonyl (C=O) groups excluding carboxylic acids is 1. The molecule has 22 heavy (non-hydrogen) atoms. The van der Waals surface area contributed by atoms with Crippen molar-refractivity contribution < 1.29 is 4.79 Å². The minimum Gasteiger partial charge on any atom is -0.353 e. The average molecular weight is 360 g/mol. The highest BCUT2D eigenvalue weighted by atomic mass is 35.5. The van der Waals surface area contributed by atoms with Gasteiger partial charge in [-0.25, -0.2) is 0 Å². The van der Waals surface area contributed by atoms with Crippen molar-refractivity contribution in [1.29, 1.82) is 0 Å². The molecule has 5 heteroatoms. The maximum absolute atomic E-state index is 12.1. The van der Waals surface area contributed by atoms with Gasteiger partial charge in [0.2, 0.25) is 5.91 Å². The van der Waals surface area contributed by atoms with Crippen molar-refractivity contribution in [3.05, 3.63) is 33.8 Å². The van der Waals surface area contributed by atoms with Crippen LogP contribution in [0.15, 0.2) is 18.2 Å². The van der Waals surface area contributed by atoms with E-state index in [1.165, 1.54) is 32.1 Å². The molecule has 1 saturated carbocycles. The van der Waals surface area contributed by atoms with E-state index in [0.29, 0.717) is 21.8 Å². The molecular formula is C17H23Cl2NOS. The summed E-state index contributed by atoms with van der Waals surface area (Å²) in [5.41, 5.74) is 1.02. The Morgan fingerprint density at radius 2 is 1.82 bits per heavy atom. The number of hydrogen-bond acceptors (Lipinski definition) is 2. The second kappa shape index (κ2) is 9.69. The van der Waals surface area contributed by atoms with Crippen LogP contribution >= 0.6 is 35.0 Å². The third kappa shape index (κ3) is 6.39. The highest BCUT2D eigenvalue weighted by Gasteiger charge is 2.14. The molecule has 0 radical (unpaired) electrons. The van der Waals surface area contributed by atoms with E-state index >= 15 is 0 Å². The molecule has 0 bridgehead atoms. The Kier molecular flexibility index (Phi) is 7.91. The van der Waals surface area contributed by atoms with Gasteiger partial charge >= 0.3 is 0 Å². The molecule has 1 N–H and O–H groups in total. The van der Waals surface area contributed by atoms with Gasteiger partial charge in [-0.2, -0.15) is 0 Å². The molecule has 0 spiro atoms. The molecule has 0 unspecified atom stereocenters. The second-order valence-corrected chi connectivity index (χ2v) is 7.67. The highest BCUT2D eigenvalue weighted by molar-refractivity contribution is 7.99. The predicted octanol–water partition coefficient (Wildman–Crippen LogP) is 5.46. The topological polar surface area (TPSA) is 29.1 Å². The van der Waals surface area contributed by atoms with Gasteiger partial charge in [0, 0.05) is 21.8 Å². The van der Waals surface area contributed by atoms with E-state index in [0.717, 1.165) is 24.2 Å². The van der Waals surface area contributed by atoms with Crippen molar-refractivity contribution in [2.45, 2.75) is 56.7 Å². The van der Waals surface area contributed by atoms with E-state index in [4.69, 9.17) is 23.2 Å². The maximum atomic E-state index is 12.1. The molecule has 0 heterocycles. The number of amides is 1. The fraction of sp³-hybridized carbons (Fsp3) is 0.588. The second-order valence-electron chi connectivity index (χ2n) is 5.84. The number of hydrogen-bond donors (Lipinski definition) is 1. The molecular weight excluding hydrogens is 337 g/mol. The zero-order valence-electron chi connectivity index (χ0n) is 12.7. The Morgan fingerprint density at radius 3 is 2.50 bits per heavy atom. The van der Waals surface area contributed by atoms with E-state index in [2.05, 4.69) is 5.32 Å². The van der Waals surface area contributed by atoms with Crippen LogP contribution in [-0.2, 0) is 10.5 Å². The summed E-state index contributed by atoms with van der Waals surface area (Å²) in [7, 11) is 0. The molecule has 122 valence electrons. The summed E-state index contributed by atoms with van der Waals surface area (Å²) >= 11 is 13.6. The summed E-state index contributed by atoms with van der Waals surface area (Å²) in [5.74, 6) is 1.35. The van der Waals surface area contributed by atoms with Crippen LogP contribution in [0.3, 0.4) is 0 Å². The van der Waals surface area contributed by atoms with Crippen LogP contribution in [0.1, 0.15) is 50.5 Å². The number of carbonyl (C=O) groups is 1. The summed E-state index contributed by atoms with van der Waals surface area (Å²) in [6.45, 7) is 0. The smallest absolute Gasteiger partial charge is 0.230 e. The van der Waals surface area contributed by atoms with Gasteiger partial charge in [0.15, 0.2) is 0 Å². The first-order valence-electron chi connectivity index (χ1n) is 7.96. The summed E-state index contributed by atoms with van der Waals surface area (Å²) in [4.78, 5) is 12.1. The van der Waals surface area contributed by atoms with E-state index in [1.54, 1.807) is 17.8 Å². The predicted molar refractivity (Wildman–Crippen MR) is 96.9 cm³/mol. The number of halogens is 2. The molecule has 1 aromatic rings. The fourth-order valence-electron chi connectivity index (χ4n) is 2.76. The summed E-state index contributed by atoms with van der Waals surface area (Å²) in [6, 6.07) is 5.86. The Bertz CT molecular complexity index is 488. The Morgan fingerprint density at radius 1 is 1.14 bits per heavy atom. The number of nitrogens with one attached hydrogen (secondary N) is 1. The van der Waals surface area contributed by atoms with Crippen LogP contribution in [0.25, 0.3) is 0 Å². The van der Waals surface area contributed by atoms with Crippen LogP contribution in [0.5, 0.6) is 0 Å². The Hall–Kier alpha value is -0.380. The monoisotopic (exact) mass is 359 g/mol. The van der Waals surface area contributed by atoms with Crippen molar-refractivity contribution in [1.82, 2.24) is 5.32 Å². The van der Waals surface area contributed by atoms with Crippen LogP contribution in [0.2, 0.25) is 10.0 Å². The van der Waals surface area contributed by atoms with Crippen molar-refractivity contribution in [3.8, 4) is 0 Å². The molecule has 0 atom stereocenters. The molecule has 1 amide bonds. The van der Waals surface area contributed by atoms with E-state index in [1.807, 2.05) is 12.1 Å². The molecule has 0 aromatic heterocycles. The first-order chi connectivity index (χ1) is 10.6. The average Bonchev–Trinajstić information content (AvgIpc) is 2.44. The SMILES string of the molecule is O=C(CSCc1ccc(Cl)cc1Cl)NC1CCCCCCC1. The largest absolute Gasteiger partial charge is 0.353 e. The first-order valence-corrected chi connectivity index (χ1v) is 9.87. The van der Waals surface area contributed by atoms with Gasteiger partial charge in [0.05, 0.1) is 5.75 Å². The van der Waals surface area contributed by atoms with Gasteiger partial charge in [0.25, 0.3) is 0 Å². The number of rotatable bonds is 5. The molecule has 1 aromatic carbocycles. The van der Waals surface area contributed by atoms with Crippen LogP contribution in [-0.4, -0.2) is 17.7 Å². The van der Waals surface area contributed by atoms with Gasteiger partial charge in [-0.3, -0.25) is 4.79 Å². The summed E-state index contributed by atoms with van der Waals surface area (Å²) < 4.78 is 0. The van der Waals surface area contributed by atoms with Gasteiger partial charge in [0.1, 0.15) is 0 Å². The lowest BCUT2D eigenvalue weighted by molar-refractivity contribution is -0.119. The molecule has 1 fully saturated rings. The quantitative estimate of drug-likeness (QED) is 0.756. The minimum atomic E-state index is 0.139. The summed E-state index contributed by atoms with van der Waals surface area (Å²) in [5, 5.41) is 4.49. The van der Waals surface area contributed by atoms with Gasteiger partial charge in [-0.1, -0.05) is 61.4 Å². The van der Waals surface area contributed by atoms with Crippen LogP contribution in [0, 0.1) is 0 Å². The lowest BCUT2D eigenvalue weighted by Gasteiger charge is -2.21.